The van der Waals surface area contributed by atoms with Gasteiger partial charge in [0.25, 0.3) is 0 Å². The van der Waals surface area contributed by atoms with Crippen molar-refractivity contribution in [3.05, 3.63) is 77.2 Å². The monoisotopic (exact) mass is 471 g/mol. The Balaban J connectivity index is 1.60. The number of hydrogen-bond donors (Lipinski definition) is 1. The number of halogens is 1. The second-order valence-electron chi connectivity index (χ2n) is 9.25. The topological polar surface area (TPSA) is 47.0 Å². The Labute approximate surface area is 206 Å². The van der Waals surface area contributed by atoms with Crippen LogP contribution >= 0.6 is 11.6 Å². The lowest BCUT2D eigenvalue weighted by Crippen LogP contribution is -2.35. The number of pyridine rings is 2. The van der Waals surface area contributed by atoms with Crippen LogP contribution in [0.5, 0.6) is 5.75 Å². The normalized spacial score (nSPS) is 16.0. The largest absolute Gasteiger partial charge is 0.492 e. The van der Waals surface area contributed by atoms with E-state index in [9.17, 15) is 0 Å². The summed E-state index contributed by atoms with van der Waals surface area (Å²) in [5.74, 6) is 0.868. The van der Waals surface area contributed by atoms with Crippen LogP contribution in [0.4, 0.5) is 0 Å². The van der Waals surface area contributed by atoms with Gasteiger partial charge in [-0.2, -0.15) is 0 Å². The maximum Gasteiger partial charge on any atom is 0.138 e. The standard InChI is InChI=1S/C29H30ClN3O/c1-19-12-20(2)14-22(13-19)26-18-33-28-16-27(30)24(21-6-5-9-31-17-21)15-25(28)29(26)34-11-8-23-7-3-4-10-32-23/h5-6,9,12-18,23,32H,3-4,7-8,10-11H2,1-2H3/t23-/m0/s1. The molecule has 0 amide bonds. The Hall–Kier alpha value is -2.95. The molecule has 0 aliphatic carbocycles. The number of rotatable bonds is 6. The van der Waals surface area contributed by atoms with Crippen LogP contribution in [0.3, 0.4) is 0 Å². The fourth-order valence-corrected chi connectivity index (χ4v) is 5.16. The summed E-state index contributed by atoms with van der Waals surface area (Å²) in [5.41, 5.74) is 7.31. The van der Waals surface area contributed by atoms with E-state index in [0.29, 0.717) is 17.7 Å². The smallest absolute Gasteiger partial charge is 0.138 e. The van der Waals surface area contributed by atoms with E-state index in [2.05, 4.69) is 48.4 Å². The third-order valence-corrected chi connectivity index (χ3v) is 6.85. The van der Waals surface area contributed by atoms with Crippen molar-refractivity contribution in [1.29, 1.82) is 0 Å². The van der Waals surface area contributed by atoms with Crippen molar-refractivity contribution < 1.29 is 4.74 Å². The van der Waals surface area contributed by atoms with Crippen molar-refractivity contribution in [3.8, 4) is 28.0 Å². The maximum atomic E-state index is 6.68. The molecule has 0 bridgehead atoms. The summed E-state index contributed by atoms with van der Waals surface area (Å²) >= 11 is 6.68. The zero-order valence-electron chi connectivity index (χ0n) is 19.8. The lowest BCUT2D eigenvalue weighted by Gasteiger charge is -2.24. The predicted molar refractivity (Wildman–Crippen MR) is 141 cm³/mol. The van der Waals surface area contributed by atoms with Crippen LogP contribution in [0, 0.1) is 13.8 Å². The molecule has 1 aliphatic heterocycles. The van der Waals surface area contributed by atoms with Gasteiger partial charge in [0.2, 0.25) is 0 Å². The van der Waals surface area contributed by atoms with Gasteiger partial charge in [-0.15, -0.1) is 0 Å². The Kier molecular flexibility index (Phi) is 6.80. The number of nitrogens with zero attached hydrogens (tertiary/aromatic N) is 2. The number of ether oxygens (including phenoxy) is 1. The minimum atomic E-state index is 0.520. The summed E-state index contributed by atoms with van der Waals surface area (Å²) < 4.78 is 6.58. The van der Waals surface area contributed by atoms with E-state index in [-0.39, 0.29) is 0 Å². The molecule has 1 saturated heterocycles. The van der Waals surface area contributed by atoms with Gasteiger partial charge < -0.3 is 10.1 Å². The van der Waals surface area contributed by atoms with Crippen LogP contribution in [-0.4, -0.2) is 29.2 Å². The molecule has 5 rings (SSSR count). The van der Waals surface area contributed by atoms with Gasteiger partial charge in [0, 0.05) is 46.7 Å². The minimum absolute atomic E-state index is 0.520. The Bertz CT molecular complexity index is 1280. The van der Waals surface area contributed by atoms with Gasteiger partial charge in [0.15, 0.2) is 0 Å². The molecule has 0 radical (unpaired) electrons. The van der Waals surface area contributed by atoms with E-state index >= 15 is 0 Å². The summed E-state index contributed by atoms with van der Waals surface area (Å²) in [6.45, 7) is 6.00. The molecular weight excluding hydrogens is 442 g/mol. The van der Waals surface area contributed by atoms with Crippen LogP contribution in [0.25, 0.3) is 33.2 Å². The van der Waals surface area contributed by atoms with E-state index in [1.807, 2.05) is 30.6 Å². The third-order valence-electron chi connectivity index (χ3n) is 6.54. The third kappa shape index (κ3) is 4.94. The number of aromatic nitrogens is 2. The van der Waals surface area contributed by atoms with E-state index in [1.54, 1.807) is 6.20 Å². The molecule has 1 N–H and O–H groups in total. The van der Waals surface area contributed by atoms with Crippen molar-refractivity contribution >= 4 is 22.5 Å². The molecule has 3 heterocycles. The number of aryl methyl sites for hydroxylation is 2. The highest BCUT2D eigenvalue weighted by atomic mass is 35.5. The fourth-order valence-electron chi connectivity index (χ4n) is 4.90. The zero-order valence-corrected chi connectivity index (χ0v) is 20.5. The van der Waals surface area contributed by atoms with Gasteiger partial charge in [-0.05, 0) is 63.4 Å². The van der Waals surface area contributed by atoms with Crippen molar-refractivity contribution in [3.63, 3.8) is 0 Å². The average Bonchev–Trinajstić information content (AvgIpc) is 2.84. The van der Waals surface area contributed by atoms with Crippen LogP contribution < -0.4 is 10.1 Å². The Morgan fingerprint density at radius 1 is 1.00 bits per heavy atom. The highest BCUT2D eigenvalue weighted by molar-refractivity contribution is 6.34. The van der Waals surface area contributed by atoms with Gasteiger partial charge >= 0.3 is 0 Å². The van der Waals surface area contributed by atoms with Crippen LogP contribution in [0.1, 0.15) is 36.8 Å². The molecule has 0 saturated carbocycles. The molecular formula is C29H30ClN3O. The molecule has 2 aromatic heterocycles. The average molecular weight is 472 g/mol. The number of nitrogens with one attached hydrogen (secondary N) is 1. The summed E-state index contributed by atoms with van der Waals surface area (Å²) in [7, 11) is 0. The number of piperidine rings is 1. The lowest BCUT2D eigenvalue weighted by molar-refractivity contribution is 0.271. The van der Waals surface area contributed by atoms with Gasteiger partial charge in [0.05, 0.1) is 17.1 Å². The van der Waals surface area contributed by atoms with Gasteiger partial charge in [-0.3, -0.25) is 9.97 Å². The van der Waals surface area contributed by atoms with Gasteiger partial charge in [-0.1, -0.05) is 53.4 Å². The second kappa shape index (κ2) is 10.1. The first-order valence-corrected chi connectivity index (χ1v) is 12.4. The molecule has 34 heavy (non-hydrogen) atoms. The van der Waals surface area contributed by atoms with E-state index in [4.69, 9.17) is 21.3 Å². The first-order valence-electron chi connectivity index (χ1n) is 12.1. The lowest BCUT2D eigenvalue weighted by atomic mass is 9.98. The van der Waals surface area contributed by atoms with Crippen LogP contribution in [0.15, 0.2) is 61.1 Å². The van der Waals surface area contributed by atoms with Gasteiger partial charge in [-0.25, -0.2) is 0 Å². The molecule has 174 valence electrons. The van der Waals surface area contributed by atoms with Crippen LogP contribution in [0.2, 0.25) is 5.02 Å². The molecule has 4 aromatic rings. The molecule has 5 heteroatoms. The first-order chi connectivity index (χ1) is 16.6. The molecule has 2 aromatic carbocycles. The zero-order chi connectivity index (χ0) is 23.5. The van der Waals surface area contributed by atoms with Crippen molar-refractivity contribution in [2.75, 3.05) is 13.2 Å². The molecule has 1 atom stereocenters. The molecule has 0 spiro atoms. The molecule has 1 aliphatic rings. The molecule has 0 unspecified atom stereocenters. The minimum Gasteiger partial charge on any atom is -0.492 e. The second-order valence-corrected chi connectivity index (χ2v) is 9.66. The van der Waals surface area contributed by atoms with Crippen molar-refractivity contribution in [2.45, 2.75) is 45.6 Å². The highest BCUT2D eigenvalue weighted by Gasteiger charge is 2.18. The summed E-state index contributed by atoms with van der Waals surface area (Å²) in [6.07, 6.45) is 10.3. The number of benzene rings is 2. The highest BCUT2D eigenvalue weighted by Crippen LogP contribution is 2.40. The summed E-state index contributed by atoms with van der Waals surface area (Å²) in [6, 6.07) is 15.1. The van der Waals surface area contributed by atoms with Crippen LogP contribution in [-0.2, 0) is 0 Å². The maximum absolute atomic E-state index is 6.68. The first kappa shape index (κ1) is 22.8. The van der Waals surface area contributed by atoms with E-state index < -0.39 is 0 Å². The molecule has 1 fully saturated rings. The quantitative estimate of drug-likeness (QED) is 0.324. The summed E-state index contributed by atoms with van der Waals surface area (Å²) in [4.78, 5) is 9.06. The predicted octanol–water partition coefficient (Wildman–Crippen LogP) is 7.15. The summed E-state index contributed by atoms with van der Waals surface area (Å²) in [5, 5.41) is 5.25. The number of hydrogen-bond acceptors (Lipinski definition) is 4. The SMILES string of the molecule is Cc1cc(C)cc(-c2cnc3cc(Cl)c(-c4cccnc4)cc3c2OCC[C@@H]2CCCCN2)c1. The van der Waals surface area contributed by atoms with E-state index in [1.165, 1.54) is 30.4 Å². The fraction of sp³-hybridized carbons (Fsp3) is 0.310. The molecule has 4 nitrogen and oxygen atoms in total. The van der Waals surface area contributed by atoms with E-state index in [0.717, 1.165) is 51.9 Å². The number of fused-ring (bicyclic) bond motifs is 1. The van der Waals surface area contributed by atoms with Crippen molar-refractivity contribution in [2.24, 2.45) is 0 Å². The Morgan fingerprint density at radius 2 is 1.85 bits per heavy atom. The van der Waals surface area contributed by atoms with Gasteiger partial charge in [0.1, 0.15) is 5.75 Å². The Morgan fingerprint density at radius 3 is 2.59 bits per heavy atom. The van der Waals surface area contributed by atoms with Crippen molar-refractivity contribution in [1.82, 2.24) is 15.3 Å².